The molecule has 0 N–H and O–H groups in total. The average Bonchev–Trinajstić information content (AvgIpc) is 2.53. The predicted molar refractivity (Wildman–Crippen MR) is 87.4 cm³/mol. The van der Waals surface area contributed by atoms with Crippen LogP contribution in [0.2, 0.25) is 0 Å². The summed E-state index contributed by atoms with van der Waals surface area (Å²) in [6.07, 6.45) is 9.41. The molecule has 1 aromatic rings. The molecule has 116 valence electrons. The van der Waals surface area contributed by atoms with Crippen molar-refractivity contribution in [3.8, 4) is 5.75 Å². The van der Waals surface area contributed by atoms with Gasteiger partial charge in [-0.1, -0.05) is 47.7 Å². The first-order chi connectivity index (χ1) is 10.2. The van der Waals surface area contributed by atoms with E-state index in [1.54, 1.807) is 7.11 Å². The number of ether oxygens (including phenoxy) is 1. The van der Waals surface area contributed by atoms with Crippen molar-refractivity contribution in [3.63, 3.8) is 0 Å². The fraction of sp³-hybridized carbons (Fsp3) is 0.667. The zero-order chi connectivity index (χ0) is 14.8. The van der Waals surface area contributed by atoms with Crippen molar-refractivity contribution in [2.45, 2.75) is 49.8 Å². The number of methoxy groups -OCH3 is 1. The van der Waals surface area contributed by atoms with Crippen LogP contribution < -0.4 is 4.74 Å². The third-order valence-corrected chi connectivity index (χ3v) is 6.74. The van der Waals surface area contributed by atoms with Crippen molar-refractivity contribution in [3.05, 3.63) is 29.6 Å². The summed E-state index contributed by atoms with van der Waals surface area (Å²) in [5.74, 6) is 2.82. The largest absolute Gasteiger partial charge is 0.497 e. The SMILES string of the molecule is COc1ccc(C(Br)C2CCC3CCCCC3C2)c(F)c1. The molecule has 2 aliphatic carbocycles. The molecule has 2 saturated carbocycles. The second-order valence-electron chi connectivity index (χ2n) is 6.67. The normalized spacial score (nSPS) is 30.5. The third kappa shape index (κ3) is 3.28. The molecule has 4 atom stereocenters. The van der Waals surface area contributed by atoms with E-state index in [1.165, 1.54) is 51.0 Å². The fourth-order valence-electron chi connectivity index (χ4n) is 4.29. The molecule has 0 radical (unpaired) electrons. The van der Waals surface area contributed by atoms with E-state index in [9.17, 15) is 4.39 Å². The van der Waals surface area contributed by atoms with Crippen LogP contribution in [0, 0.1) is 23.6 Å². The lowest BCUT2D eigenvalue weighted by Crippen LogP contribution is -2.29. The van der Waals surface area contributed by atoms with Crippen LogP contribution in [0.4, 0.5) is 4.39 Å². The number of halogens is 2. The maximum absolute atomic E-state index is 14.3. The van der Waals surface area contributed by atoms with Gasteiger partial charge in [-0.15, -0.1) is 0 Å². The maximum Gasteiger partial charge on any atom is 0.131 e. The van der Waals surface area contributed by atoms with Gasteiger partial charge >= 0.3 is 0 Å². The molecule has 3 rings (SSSR count). The van der Waals surface area contributed by atoms with Crippen LogP contribution in [0.15, 0.2) is 18.2 Å². The number of hydrogen-bond donors (Lipinski definition) is 0. The van der Waals surface area contributed by atoms with Crippen molar-refractivity contribution in [1.82, 2.24) is 0 Å². The van der Waals surface area contributed by atoms with Gasteiger partial charge in [-0.3, -0.25) is 0 Å². The average molecular weight is 355 g/mol. The van der Waals surface area contributed by atoms with Gasteiger partial charge in [-0.2, -0.15) is 0 Å². The van der Waals surface area contributed by atoms with Crippen LogP contribution in [0.5, 0.6) is 5.75 Å². The standard InChI is InChI=1S/C18H24BrFO/c1-21-15-8-9-16(17(20)11-15)18(19)14-7-6-12-4-2-3-5-13(12)10-14/h8-9,11-14,18H,2-7,10H2,1H3. The highest BCUT2D eigenvalue weighted by atomic mass is 79.9. The molecular weight excluding hydrogens is 331 g/mol. The minimum absolute atomic E-state index is 0.131. The molecule has 0 heterocycles. The first-order valence-electron chi connectivity index (χ1n) is 8.16. The van der Waals surface area contributed by atoms with E-state index >= 15 is 0 Å². The van der Waals surface area contributed by atoms with Gasteiger partial charge in [0.1, 0.15) is 11.6 Å². The summed E-state index contributed by atoms with van der Waals surface area (Å²) in [4.78, 5) is 0.131. The first-order valence-corrected chi connectivity index (χ1v) is 9.08. The Labute approximate surface area is 135 Å². The molecule has 2 fully saturated rings. The first kappa shape index (κ1) is 15.3. The Morgan fingerprint density at radius 2 is 1.90 bits per heavy atom. The molecular formula is C18H24BrFO. The molecule has 2 aliphatic rings. The Hall–Kier alpha value is -0.570. The minimum atomic E-state index is -0.151. The van der Waals surface area contributed by atoms with Crippen LogP contribution in [0.1, 0.15) is 55.3 Å². The molecule has 3 heteroatoms. The molecule has 0 aliphatic heterocycles. The van der Waals surface area contributed by atoms with Crippen molar-refractivity contribution in [2.24, 2.45) is 17.8 Å². The zero-order valence-corrected chi connectivity index (χ0v) is 14.2. The van der Waals surface area contributed by atoms with Crippen LogP contribution >= 0.6 is 15.9 Å². The van der Waals surface area contributed by atoms with Gasteiger partial charge in [0.2, 0.25) is 0 Å². The molecule has 0 amide bonds. The number of alkyl halides is 1. The summed E-state index contributed by atoms with van der Waals surface area (Å²) in [7, 11) is 1.57. The Morgan fingerprint density at radius 1 is 1.14 bits per heavy atom. The number of fused-ring (bicyclic) bond motifs is 1. The fourth-order valence-corrected chi connectivity index (χ4v) is 5.14. The molecule has 4 unspecified atom stereocenters. The van der Waals surface area contributed by atoms with E-state index < -0.39 is 0 Å². The Balaban J connectivity index is 1.71. The molecule has 1 aromatic carbocycles. The molecule has 0 spiro atoms. The lowest BCUT2D eigenvalue weighted by atomic mass is 9.66. The molecule has 0 aromatic heterocycles. The van der Waals surface area contributed by atoms with Gasteiger partial charge in [0.15, 0.2) is 0 Å². The van der Waals surface area contributed by atoms with Crippen molar-refractivity contribution in [1.29, 1.82) is 0 Å². The van der Waals surface area contributed by atoms with E-state index in [0.717, 1.165) is 17.4 Å². The second kappa shape index (κ2) is 6.68. The maximum atomic E-state index is 14.3. The Kier molecular flexibility index (Phi) is 4.88. The van der Waals surface area contributed by atoms with Gasteiger partial charge < -0.3 is 4.74 Å². The number of rotatable bonds is 3. The van der Waals surface area contributed by atoms with E-state index in [0.29, 0.717) is 11.7 Å². The highest BCUT2D eigenvalue weighted by molar-refractivity contribution is 9.09. The summed E-state index contributed by atoms with van der Waals surface area (Å²) in [5.41, 5.74) is 0.787. The molecule has 0 bridgehead atoms. The lowest BCUT2D eigenvalue weighted by Gasteiger charge is -2.41. The number of benzene rings is 1. The molecule has 21 heavy (non-hydrogen) atoms. The highest BCUT2D eigenvalue weighted by Gasteiger charge is 2.35. The summed E-state index contributed by atoms with van der Waals surface area (Å²) in [6, 6.07) is 5.23. The van der Waals surface area contributed by atoms with E-state index in [2.05, 4.69) is 15.9 Å². The van der Waals surface area contributed by atoms with E-state index in [4.69, 9.17) is 4.74 Å². The van der Waals surface area contributed by atoms with Gasteiger partial charge in [0, 0.05) is 16.5 Å². The molecule has 0 saturated heterocycles. The Bertz CT molecular complexity index is 490. The van der Waals surface area contributed by atoms with Crippen molar-refractivity contribution >= 4 is 15.9 Å². The van der Waals surface area contributed by atoms with Crippen molar-refractivity contribution in [2.75, 3.05) is 7.11 Å². The summed E-state index contributed by atoms with van der Waals surface area (Å²) in [6.45, 7) is 0. The van der Waals surface area contributed by atoms with Gasteiger partial charge in [-0.25, -0.2) is 4.39 Å². The van der Waals surface area contributed by atoms with Crippen LogP contribution in [-0.2, 0) is 0 Å². The topological polar surface area (TPSA) is 9.23 Å². The number of hydrogen-bond acceptors (Lipinski definition) is 1. The summed E-state index contributed by atoms with van der Waals surface area (Å²) in [5, 5.41) is 0. The smallest absolute Gasteiger partial charge is 0.131 e. The molecule has 1 nitrogen and oxygen atoms in total. The monoisotopic (exact) mass is 354 g/mol. The lowest BCUT2D eigenvalue weighted by molar-refractivity contribution is 0.129. The minimum Gasteiger partial charge on any atom is -0.497 e. The van der Waals surface area contributed by atoms with Crippen LogP contribution in [0.3, 0.4) is 0 Å². The van der Waals surface area contributed by atoms with E-state index in [-0.39, 0.29) is 10.6 Å². The predicted octanol–water partition coefficient (Wildman–Crippen LogP) is 5.88. The van der Waals surface area contributed by atoms with Gasteiger partial charge in [0.05, 0.1) is 7.11 Å². The quantitative estimate of drug-likeness (QED) is 0.616. The van der Waals surface area contributed by atoms with Crippen LogP contribution in [-0.4, -0.2) is 7.11 Å². The van der Waals surface area contributed by atoms with Gasteiger partial charge in [-0.05, 0) is 43.1 Å². The zero-order valence-electron chi connectivity index (χ0n) is 12.7. The summed E-state index contributed by atoms with van der Waals surface area (Å²) >= 11 is 3.78. The second-order valence-corrected chi connectivity index (χ2v) is 7.65. The van der Waals surface area contributed by atoms with E-state index in [1.807, 2.05) is 12.1 Å². The van der Waals surface area contributed by atoms with Crippen LogP contribution in [0.25, 0.3) is 0 Å². The van der Waals surface area contributed by atoms with Gasteiger partial charge in [0.25, 0.3) is 0 Å². The summed E-state index contributed by atoms with van der Waals surface area (Å²) < 4.78 is 19.4. The third-order valence-electron chi connectivity index (χ3n) is 5.50. The highest BCUT2D eigenvalue weighted by Crippen LogP contribution is 2.48. The Morgan fingerprint density at radius 3 is 2.62 bits per heavy atom. The van der Waals surface area contributed by atoms with Crippen molar-refractivity contribution < 1.29 is 9.13 Å².